The Morgan fingerprint density at radius 3 is 2.72 bits per heavy atom. The largest absolute Gasteiger partial charge is 0.478 e. The van der Waals surface area contributed by atoms with Gasteiger partial charge in [-0.3, -0.25) is 0 Å². The molecule has 0 radical (unpaired) electrons. The minimum absolute atomic E-state index is 0.246. The van der Waals surface area contributed by atoms with E-state index in [0.717, 1.165) is 17.3 Å². The molecule has 0 bridgehead atoms. The van der Waals surface area contributed by atoms with Gasteiger partial charge in [0.2, 0.25) is 0 Å². The third kappa shape index (κ3) is 3.99. The highest BCUT2D eigenvalue weighted by atomic mass is 32.2. The molecule has 5 heteroatoms. The third-order valence-corrected chi connectivity index (χ3v) is 4.01. The number of likely N-dealkylation sites (tertiary alicyclic amines) is 1. The van der Waals surface area contributed by atoms with Crippen LogP contribution < -0.4 is 0 Å². The lowest BCUT2D eigenvalue weighted by Gasteiger charge is -2.25. The predicted octanol–water partition coefficient (Wildman–Crippen LogP) is 2.36. The fourth-order valence-electron chi connectivity index (χ4n) is 2.05. The summed E-state index contributed by atoms with van der Waals surface area (Å²) in [5, 5.41) is 9.67. The summed E-state index contributed by atoms with van der Waals surface area (Å²) < 4.78 is 0. The highest BCUT2D eigenvalue weighted by Crippen LogP contribution is 2.16. The summed E-state index contributed by atoms with van der Waals surface area (Å²) in [6, 6.07) is 3.39. The van der Waals surface area contributed by atoms with E-state index in [1.165, 1.54) is 38.5 Å². The van der Waals surface area contributed by atoms with Crippen LogP contribution in [0.1, 0.15) is 29.6 Å². The number of carboxylic acid groups (broad SMARTS) is 1. The average Bonchev–Trinajstić information content (AvgIpc) is 2.40. The van der Waals surface area contributed by atoms with Crippen molar-refractivity contribution in [3.8, 4) is 0 Å². The molecule has 1 N–H and O–H groups in total. The number of aromatic carboxylic acids is 1. The maximum atomic E-state index is 10.7. The number of hydrogen-bond acceptors (Lipinski definition) is 4. The standard InChI is InChI=1S/C13H18N2O2S/c16-13(17)11-4-5-12(14-10-11)18-9-8-15-6-2-1-3-7-15/h4-5,10H,1-3,6-9H2,(H,16,17). The zero-order valence-electron chi connectivity index (χ0n) is 10.3. The highest BCUT2D eigenvalue weighted by molar-refractivity contribution is 7.99. The van der Waals surface area contributed by atoms with Gasteiger partial charge in [0.1, 0.15) is 0 Å². The van der Waals surface area contributed by atoms with Gasteiger partial charge in [0, 0.05) is 18.5 Å². The molecule has 0 atom stereocenters. The molecule has 0 saturated carbocycles. The van der Waals surface area contributed by atoms with Crippen LogP contribution in [-0.4, -0.2) is 46.3 Å². The van der Waals surface area contributed by atoms with Gasteiger partial charge in [-0.05, 0) is 38.1 Å². The molecule has 4 nitrogen and oxygen atoms in total. The Kier molecular flexibility index (Phi) is 5.01. The molecule has 0 amide bonds. The number of nitrogens with zero attached hydrogens (tertiary/aromatic N) is 2. The van der Waals surface area contributed by atoms with E-state index in [4.69, 9.17) is 5.11 Å². The Bertz CT molecular complexity index is 388. The number of aromatic nitrogens is 1. The van der Waals surface area contributed by atoms with Gasteiger partial charge in [-0.15, -0.1) is 11.8 Å². The van der Waals surface area contributed by atoms with Crippen molar-refractivity contribution in [2.24, 2.45) is 0 Å². The molecule has 18 heavy (non-hydrogen) atoms. The normalized spacial score (nSPS) is 16.7. The Morgan fingerprint density at radius 2 is 2.11 bits per heavy atom. The van der Waals surface area contributed by atoms with E-state index in [0.29, 0.717) is 0 Å². The van der Waals surface area contributed by atoms with Crippen molar-refractivity contribution in [2.45, 2.75) is 24.3 Å². The number of pyridine rings is 1. The molecule has 0 spiro atoms. The van der Waals surface area contributed by atoms with E-state index in [-0.39, 0.29) is 5.56 Å². The molecule has 0 aromatic carbocycles. The van der Waals surface area contributed by atoms with Gasteiger partial charge in [-0.2, -0.15) is 0 Å². The molecule has 1 aliphatic heterocycles. The van der Waals surface area contributed by atoms with E-state index >= 15 is 0 Å². The minimum atomic E-state index is -0.924. The molecule has 98 valence electrons. The molecule has 1 fully saturated rings. The molecule has 2 rings (SSSR count). The lowest BCUT2D eigenvalue weighted by molar-refractivity contribution is 0.0696. The summed E-state index contributed by atoms with van der Waals surface area (Å²) in [5.74, 6) is 0.0896. The van der Waals surface area contributed by atoms with Crippen LogP contribution in [0.5, 0.6) is 0 Å². The third-order valence-electron chi connectivity index (χ3n) is 3.09. The monoisotopic (exact) mass is 266 g/mol. The summed E-state index contributed by atoms with van der Waals surface area (Å²) in [6.07, 6.45) is 5.42. The van der Waals surface area contributed by atoms with E-state index in [9.17, 15) is 4.79 Å². The van der Waals surface area contributed by atoms with Crippen LogP contribution in [0, 0.1) is 0 Å². The van der Waals surface area contributed by atoms with Gasteiger partial charge < -0.3 is 10.0 Å². The first kappa shape index (κ1) is 13.4. The number of piperidine rings is 1. The minimum Gasteiger partial charge on any atom is -0.478 e. The molecule has 0 unspecified atom stereocenters. The van der Waals surface area contributed by atoms with Crippen LogP contribution in [0.4, 0.5) is 0 Å². The quantitative estimate of drug-likeness (QED) is 0.829. The van der Waals surface area contributed by atoms with E-state index in [2.05, 4.69) is 9.88 Å². The maximum Gasteiger partial charge on any atom is 0.337 e. The van der Waals surface area contributed by atoms with Gasteiger partial charge in [-0.25, -0.2) is 9.78 Å². The van der Waals surface area contributed by atoms with Crippen LogP contribution in [0.15, 0.2) is 23.4 Å². The van der Waals surface area contributed by atoms with Crippen molar-refractivity contribution >= 4 is 17.7 Å². The van der Waals surface area contributed by atoms with Gasteiger partial charge in [0.05, 0.1) is 10.6 Å². The van der Waals surface area contributed by atoms with Crippen LogP contribution in [0.3, 0.4) is 0 Å². The summed E-state index contributed by atoms with van der Waals surface area (Å²) in [4.78, 5) is 17.3. The number of rotatable bonds is 5. The molecule has 2 heterocycles. The summed E-state index contributed by atoms with van der Waals surface area (Å²) in [6.45, 7) is 3.52. The highest BCUT2D eigenvalue weighted by Gasteiger charge is 2.09. The van der Waals surface area contributed by atoms with Crippen molar-refractivity contribution in [3.05, 3.63) is 23.9 Å². The molecule has 1 saturated heterocycles. The van der Waals surface area contributed by atoms with Crippen molar-refractivity contribution in [1.82, 2.24) is 9.88 Å². The predicted molar refractivity (Wildman–Crippen MR) is 72.2 cm³/mol. The number of carboxylic acids is 1. The van der Waals surface area contributed by atoms with Crippen LogP contribution >= 0.6 is 11.8 Å². The molecular weight excluding hydrogens is 248 g/mol. The van der Waals surface area contributed by atoms with Gasteiger partial charge in [0.25, 0.3) is 0 Å². The molecular formula is C13H18N2O2S. The van der Waals surface area contributed by atoms with E-state index in [1.54, 1.807) is 23.9 Å². The summed E-state index contributed by atoms with van der Waals surface area (Å²) >= 11 is 1.69. The fraction of sp³-hybridized carbons (Fsp3) is 0.538. The second kappa shape index (κ2) is 6.75. The van der Waals surface area contributed by atoms with Gasteiger partial charge in [0.15, 0.2) is 0 Å². The smallest absolute Gasteiger partial charge is 0.337 e. The van der Waals surface area contributed by atoms with Crippen molar-refractivity contribution < 1.29 is 9.90 Å². The molecule has 0 aliphatic carbocycles. The van der Waals surface area contributed by atoms with Crippen molar-refractivity contribution in [3.63, 3.8) is 0 Å². The summed E-state index contributed by atoms with van der Waals surface area (Å²) in [7, 11) is 0. The topological polar surface area (TPSA) is 53.4 Å². The Balaban J connectivity index is 1.74. The van der Waals surface area contributed by atoms with Crippen LogP contribution in [0.2, 0.25) is 0 Å². The van der Waals surface area contributed by atoms with Gasteiger partial charge >= 0.3 is 5.97 Å². The number of thioether (sulfide) groups is 1. The number of carbonyl (C=O) groups is 1. The zero-order chi connectivity index (χ0) is 12.8. The van der Waals surface area contributed by atoms with E-state index in [1.807, 2.05) is 0 Å². The Hall–Kier alpha value is -1.07. The maximum absolute atomic E-state index is 10.7. The fourth-order valence-corrected chi connectivity index (χ4v) is 2.90. The molecule has 1 aliphatic rings. The Labute approximate surface area is 111 Å². The first-order valence-corrected chi connectivity index (χ1v) is 7.29. The second-order valence-corrected chi connectivity index (χ2v) is 5.56. The van der Waals surface area contributed by atoms with Gasteiger partial charge in [-0.1, -0.05) is 6.42 Å². The summed E-state index contributed by atoms with van der Waals surface area (Å²) in [5.41, 5.74) is 0.246. The Morgan fingerprint density at radius 1 is 1.33 bits per heavy atom. The average molecular weight is 266 g/mol. The lowest BCUT2D eigenvalue weighted by Crippen LogP contribution is -2.31. The SMILES string of the molecule is O=C(O)c1ccc(SCCN2CCCCC2)nc1. The molecule has 1 aromatic rings. The lowest BCUT2D eigenvalue weighted by atomic mass is 10.1. The number of hydrogen-bond donors (Lipinski definition) is 1. The van der Waals surface area contributed by atoms with Crippen molar-refractivity contribution in [1.29, 1.82) is 0 Å². The second-order valence-electron chi connectivity index (χ2n) is 4.44. The van der Waals surface area contributed by atoms with E-state index < -0.39 is 5.97 Å². The molecule has 1 aromatic heterocycles. The first-order valence-electron chi connectivity index (χ1n) is 6.30. The van der Waals surface area contributed by atoms with Crippen molar-refractivity contribution in [2.75, 3.05) is 25.4 Å². The zero-order valence-corrected chi connectivity index (χ0v) is 11.2. The van der Waals surface area contributed by atoms with Crippen LogP contribution in [-0.2, 0) is 0 Å². The van der Waals surface area contributed by atoms with Crippen LogP contribution in [0.25, 0.3) is 0 Å². The first-order chi connectivity index (χ1) is 8.75.